The standard InChI is InChI=1S/C24H29N5O2/c1-31-23-9-7-20(8-10-23)19-27-12-4-13-28(16-15-27)24(30)25-18-21-5-2-6-22(17-21)29-14-3-11-26-29/h2-3,5-11,14,17H,4,12-13,15-16,18-19H2,1H3,(H,25,30). The van der Waals surface area contributed by atoms with Gasteiger partial charge in [-0.25, -0.2) is 9.48 Å². The van der Waals surface area contributed by atoms with Gasteiger partial charge in [-0.1, -0.05) is 24.3 Å². The first-order chi connectivity index (χ1) is 15.2. The van der Waals surface area contributed by atoms with Gasteiger partial charge in [-0.3, -0.25) is 4.90 Å². The highest BCUT2D eigenvalue weighted by molar-refractivity contribution is 5.74. The predicted molar refractivity (Wildman–Crippen MR) is 120 cm³/mol. The Morgan fingerprint density at radius 2 is 1.90 bits per heavy atom. The Bertz CT molecular complexity index is 972. The van der Waals surface area contributed by atoms with Crippen molar-refractivity contribution in [1.82, 2.24) is 24.9 Å². The number of aromatic nitrogens is 2. The molecule has 1 saturated heterocycles. The van der Waals surface area contributed by atoms with Crippen LogP contribution in [0.1, 0.15) is 17.5 Å². The lowest BCUT2D eigenvalue weighted by atomic mass is 10.2. The number of urea groups is 1. The third-order valence-corrected chi connectivity index (χ3v) is 5.56. The van der Waals surface area contributed by atoms with E-state index < -0.39 is 0 Å². The summed E-state index contributed by atoms with van der Waals surface area (Å²) in [6.07, 6.45) is 4.64. The molecule has 7 nitrogen and oxygen atoms in total. The van der Waals surface area contributed by atoms with Gasteiger partial charge in [-0.2, -0.15) is 5.10 Å². The van der Waals surface area contributed by atoms with E-state index in [0.29, 0.717) is 6.54 Å². The van der Waals surface area contributed by atoms with Gasteiger partial charge < -0.3 is 15.0 Å². The molecule has 7 heteroatoms. The van der Waals surface area contributed by atoms with Gasteiger partial charge >= 0.3 is 6.03 Å². The summed E-state index contributed by atoms with van der Waals surface area (Å²) in [7, 11) is 1.68. The van der Waals surface area contributed by atoms with Gasteiger partial charge in [-0.05, 0) is 47.9 Å². The largest absolute Gasteiger partial charge is 0.497 e. The molecule has 1 aliphatic heterocycles. The van der Waals surface area contributed by atoms with Crippen molar-refractivity contribution < 1.29 is 9.53 Å². The van der Waals surface area contributed by atoms with Crippen LogP contribution in [-0.2, 0) is 13.1 Å². The van der Waals surface area contributed by atoms with Gasteiger partial charge in [0.1, 0.15) is 5.75 Å². The lowest BCUT2D eigenvalue weighted by Gasteiger charge is -2.22. The Kier molecular flexibility index (Phi) is 6.84. The molecule has 0 bridgehead atoms. The molecule has 2 amide bonds. The van der Waals surface area contributed by atoms with Gasteiger partial charge in [0.25, 0.3) is 0 Å². The quantitative estimate of drug-likeness (QED) is 0.666. The first-order valence-electron chi connectivity index (χ1n) is 10.7. The molecule has 1 aromatic heterocycles. The van der Waals surface area contributed by atoms with Crippen molar-refractivity contribution in [3.05, 3.63) is 78.1 Å². The monoisotopic (exact) mass is 419 g/mol. The average Bonchev–Trinajstić information content (AvgIpc) is 3.25. The smallest absolute Gasteiger partial charge is 0.317 e. The Morgan fingerprint density at radius 3 is 2.68 bits per heavy atom. The highest BCUT2D eigenvalue weighted by Crippen LogP contribution is 2.15. The van der Waals surface area contributed by atoms with Gasteiger partial charge in [-0.15, -0.1) is 0 Å². The average molecular weight is 420 g/mol. The zero-order valence-electron chi connectivity index (χ0n) is 17.9. The molecule has 31 heavy (non-hydrogen) atoms. The van der Waals surface area contributed by atoms with Crippen LogP contribution in [0.4, 0.5) is 4.79 Å². The summed E-state index contributed by atoms with van der Waals surface area (Å²) in [5, 5.41) is 7.33. The second-order valence-corrected chi connectivity index (χ2v) is 7.74. The number of hydrogen-bond acceptors (Lipinski definition) is 4. The van der Waals surface area contributed by atoms with Gasteiger partial charge in [0.2, 0.25) is 0 Å². The fourth-order valence-electron chi connectivity index (χ4n) is 3.84. The van der Waals surface area contributed by atoms with Crippen LogP contribution in [0, 0.1) is 0 Å². The Labute approximate surface area is 183 Å². The van der Waals surface area contributed by atoms with Crippen molar-refractivity contribution in [2.75, 3.05) is 33.3 Å². The van der Waals surface area contributed by atoms with E-state index in [4.69, 9.17) is 4.74 Å². The highest BCUT2D eigenvalue weighted by Gasteiger charge is 2.19. The van der Waals surface area contributed by atoms with E-state index in [1.807, 2.05) is 58.2 Å². The van der Waals surface area contributed by atoms with Crippen LogP contribution >= 0.6 is 0 Å². The molecule has 0 radical (unpaired) electrons. The maximum absolute atomic E-state index is 12.7. The molecule has 0 saturated carbocycles. The van der Waals surface area contributed by atoms with Crippen LogP contribution in [0.25, 0.3) is 5.69 Å². The van der Waals surface area contributed by atoms with E-state index in [-0.39, 0.29) is 6.03 Å². The number of rotatable bonds is 6. The molecule has 0 unspecified atom stereocenters. The number of methoxy groups -OCH3 is 1. The van der Waals surface area contributed by atoms with Crippen molar-refractivity contribution in [3.8, 4) is 11.4 Å². The molecule has 2 aromatic carbocycles. The van der Waals surface area contributed by atoms with Crippen molar-refractivity contribution in [2.24, 2.45) is 0 Å². The first-order valence-corrected chi connectivity index (χ1v) is 10.7. The highest BCUT2D eigenvalue weighted by atomic mass is 16.5. The van der Waals surface area contributed by atoms with Crippen LogP contribution in [0.5, 0.6) is 5.75 Å². The molecule has 1 aliphatic rings. The number of nitrogens with zero attached hydrogens (tertiary/aromatic N) is 4. The SMILES string of the molecule is COc1ccc(CN2CCCN(C(=O)NCc3cccc(-n4cccn4)c3)CC2)cc1. The molecule has 3 aromatic rings. The number of carbonyl (C=O) groups excluding carboxylic acids is 1. The van der Waals surface area contributed by atoms with Crippen LogP contribution in [0.15, 0.2) is 67.0 Å². The Balaban J connectivity index is 1.27. The number of ether oxygens (including phenoxy) is 1. The molecular weight excluding hydrogens is 390 g/mol. The summed E-state index contributed by atoms with van der Waals surface area (Å²) in [6, 6.07) is 18.1. The number of amides is 2. The van der Waals surface area contributed by atoms with Crippen molar-refractivity contribution in [2.45, 2.75) is 19.5 Å². The fourth-order valence-corrected chi connectivity index (χ4v) is 3.84. The summed E-state index contributed by atoms with van der Waals surface area (Å²) in [5.74, 6) is 0.873. The van der Waals surface area contributed by atoms with Gasteiger partial charge in [0, 0.05) is 51.7 Å². The summed E-state index contributed by atoms with van der Waals surface area (Å²) in [4.78, 5) is 17.1. The predicted octanol–water partition coefficient (Wildman–Crippen LogP) is 3.30. The van der Waals surface area contributed by atoms with E-state index >= 15 is 0 Å². The minimum absolute atomic E-state index is 0.00390. The van der Waals surface area contributed by atoms with Crippen LogP contribution in [0.3, 0.4) is 0 Å². The zero-order chi connectivity index (χ0) is 21.5. The number of benzene rings is 2. The Morgan fingerprint density at radius 1 is 1.03 bits per heavy atom. The van der Waals surface area contributed by atoms with Gasteiger partial charge in [0.15, 0.2) is 0 Å². The molecule has 0 spiro atoms. The lowest BCUT2D eigenvalue weighted by molar-refractivity contribution is 0.197. The summed E-state index contributed by atoms with van der Waals surface area (Å²) in [5.41, 5.74) is 3.30. The maximum atomic E-state index is 12.7. The molecule has 0 atom stereocenters. The molecule has 4 rings (SSSR count). The number of hydrogen-bond donors (Lipinski definition) is 1. The summed E-state index contributed by atoms with van der Waals surface area (Å²) < 4.78 is 7.05. The normalized spacial score (nSPS) is 14.8. The van der Waals surface area contributed by atoms with E-state index in [2.05, 4.69) is 27.4 Å². The van der Waals surface area contributed by atoms with Gasteiger partial charge in [0.05, 0.1) is 12.8 Å². The van der Waals surface area contributed by atoms with Crippen molar-refractivity contribution in [3.63, 3.8) is 0 Å². The van der Waals surface area contributed by atoms with E-state index in [0.717, 1.165) is 56.1 Å². The zero-order valence-corrected chi connectivity index (χ0v) is 17.9. The van der Waals surface area contributed by atoms with Crippen LogP contribution in [-0.4, -0.2) is 58.9 Å². The molecule has 162 valence electrons. The molecular formula is C24H29N5O2. The third kappa shape index (κ3) is 5.64. The minimum Gasteiger partial charge on any atom is -0.497 e. The molecule has 1 N–H and O–H groups in total. The first kappa shape index (κ1) is 20.9. The summed E-state index contributed by atoms with van der Waals surface area (Å²) >= 11 is 0. The molecule has 0 aliphatic carbocycles. The lowest BCUT2D eigenvalue weighted by Crippen LogP contribution is -2.41. The second-order valence-electron chi connectivity index (χ2n) is 7.74. The topological polar surface area (TPSA) is 62.6 Å². The van der Waals surface area contributed by atoms with Crippen molar-refractivity contribution >= 4 is 6.03 Å². The Hall–Kier alpha value is -3.32. The third-order valence-electron chi connectivity index (χ3n) is 5.56. The van der Waals surface area contributed by atoms with E-state index in [9.17, 15) is 4.79 Å². The fraction of sp³-hybridized carbons (Fsp3) is 0.333. The second kappa shape index (κ2) is 10.1. The number of nitrogens with one attached hydrogen (secondary N) is 1. The molecule has 1 fully saturated rings. The maximum Gasteiger partial charge on any atom is 0.317 e. The van der Waals surface area contributed by atoms with E-state index in [1.54, 1.807) is 13.3 Å². The summed E-state index contributed by atoms with van der Waals surface area (Å²) in [6.45, 7) is 4.75. The van der Waals surface area contributed by atoms with Crippen molar-refractivity contribution in [1.29, 1.82) is 0 Å². The number of carbonyl (C=O) groups is 1. The molecule has 2 heterocycles. The van der Waals surface area contributed by atoms with E-state index in [1.165, 1.54) is 5.56 Å². The van der Waals surface area contributed by atoms with Crippen LogP contribution < -0.4 is 10.1 Å². The van der Waals surface area contributed by atoms with Crippen LogP contribution in [0.2, 0.25) is 0 Å². The minimum atomic E-state index is -0.00390.